The van der Waals surface area contributed by atoms with E-state index in [-0.39, 0.29) is 17.5 Å². The zero-order chi connectivity index (χ0) is 20.4. The Hall–Kier alpha value is -3.12. The molecule has 3 aromatic rings. The Morgan fingerprint density at radius 1 is 1.31 bits per heavy atom. The Labute approximate surface area is 172 Å². The van der Waals surface area contributed by atoms with Crippen molar-refractivity contribution in [2.45, 2.75) is 26.2 Å². The second kappa shape index (κ2) is 8.09. The van der Waals surface area contributed by atoms with Gasteiger partial charge in [-0.15, -0.1) is 11.3 Å². The second-order valence-corrected chi connectivity index (χ2v) is 8.03. The summed E-state index contributed by atoms with van der Waals surface area (Å²) >= 11 is 1.60. The average molecular weight is 411 g/mol. The largest absolute Gasteiger partial charge is 0.459 e. The van der Waals surface area contributed by atoms with Crippen LogP contribution in [-0.4, -0.2) is 47.0 Å². The van der Waals surface area contributed by atoms with Crippen LogP contribution >= 0.6 is 11.3 Å². The van der Waals surface area contributed by atoms with Crippen LogP contribution in [0.15, 0.2) is 32.6 Å². The van der Waals surface area contributed by atoms with Crippen LogP contribution in [0.5, 0.6) is 0 Å². The lowest BCUT2D eigenvalue weighted by Gasteiger charge is -2.34. The predicted molar refractivity (Wildman–Crippen MR) is 108 cm³/mol. The minimum atomic E-state index is 0.0691. The van der Waals surface area contributed by atoms with E-state index in [9.17, 15) is 10.1 Å². The summed E-state index contributed by atoms with van der Waals surface area (Å²) in [5.41, 5.74) is 1.05. The van der Waals surface area contributed by atoms with Crippen LogP contribution in [0.1, 0.15) is 36.2 Å². The van der Waals surface area contributed by atoms with Gasteiger partial charge in [0.15, 0.2) is 5.76 Å². The molecule has 0 N–H and O–H groups in total. The van der Waals surface area contributed by atoms with Crippen molar-refractivity contribution < 1.29 is 13.6 Å². The van der Waals surface area contributed by atoms with E-state index in [1.165, 1.54) is 6.26 Å². The molecule has 9 heteroatoms. The highest BCUT2D eigenvalue weighted by Crippen LogP contribution is 2.29. The molecular weight excluding hydrogens is 390 g/mol. The standard InChI is InChI=1S/C20H21N5O3S/c1-13(2)19-22-14(12-29-19)10-17(26)24-5-7-25(8-6-24)20-15(11-21)23-18(28-20)16-4-3-9-27-16/h3-4,9,12-13H,5-8,10H2,1-2H3. The summed E-state index contributed by atoms with van der Waals surface area (Å²) in [4.78, 5) is 25.2. The molecule has 1 aliphatic heterocycles. The lowest BCUT2D eigenvalue weighted by atomic mass is 10.2. The molecule has 4 heterocycles. The lowest BCUT2D eigenvalue weighted by molar-refractivity contribution is -0.130. The first-order valence-corrected chi connectivity index (χ1v) is 10.3. The SMILES string of the molecule is CC(C)c1nc(CC(=O)N2CCN(c3oc(-c4ccco4)nc3C#N)CC2)cs1. The van der Waals surface area contributed by atoms with Crippen LogP contribution in [0.4, 0.5) is 5.88 Å². The van der Waals surface area contributed by atoms with Crippen molar-refractivity contribution >= 4 is 23.1 Å². The predicted octanol–water partition coefficient (Wildman–Crippen LogP) is 3.28. The quantitative estimate of drug-likeness (QED) is 0.635. The number of amides is 1. The molecule has 0 unspecified atom stereocenters. The van der Waals surface area contributed by atoms with E-state index in [2.05, 4.69) is 29.9 Å². The Morgan fingerprint density at radius 2 is 2.10 bits per heavy atom. The number of carbonyl (C=O) groups excluding carboxylic acids is 1. The molecule has 0 spiro atoms. The topological polar surface area (TPSA) is 99.4 Å². The van der Waals surface area contributed by atoms with E-state index >= 15 is 0 Å². The van der Waals surface area contributed by atoms with Crippen molar-refractivity contribution in [2.75, 3.05) is 31.1 Å². The molecule has 4 rings (SSSR count). The van der Waals surface area contributed by atoms with Crippen LogP contribution in [-0.2, 0) is 11.2 Å². The van der Waals surface area contributed by atoms with Gasteiger partial charge in [0.1, 0.15) is 6.07 Å². The van der Waals surface area contributed by atoms with Crippen LogP contribution < -0.4 is 4.90 Å². The van der Waals surface area contributed by atoms with Crippen molar-refractivity contribution in [1.82, 2.24) is 14.9 Å². The fourth-order valence-corrected chi connectivity index (χ4v) is 4.03. The first-order chi connectivity index (χ1) is 14.0. The van der Waals surface area contributed by atoms with Gasteiger partial charge in [0.25, 0.3) is 5.89 Å². The third kappa shape index (κ3) is 4.03. The first-order valence-electron chi connectivity index (χ1n) is 9.47. The van der Waals surface area contributed by atoms with Gasteiger partial charge in [0, 0.05) is 37.5 Å². The van der Waals surface area contributed by atoms with Crippen LogP contribution in [0, 0.1) is 11.3 Å². The molecule has 1 aliphatic rings. The summed E-state index contributed by atoms with van der Waals surface area (Å²) in [7, 11) is 0. The molecule has 1 fully saturated rings. The fraction of sp³-hybridized carbons (Fsp3) is 0.400. The number of nitrogens with zero attached hydrogens (tertiary/aromatic N) is 5. The number of oxazole rings is 1. The van der Waals surface area contributed by atoms with Gasteiger partial charge in [-0.25, -0.2) is 4.98 Å². The Morgan fingerprint density at radius 3 is 2.72 bits per heavy atom. The van der Waals surface area contributed by atoms with Gasteiger partial charge in [-0.05, 0) is 12.1 Å². The molecule has 1 amide bonds. The van der Waals surface area contributed by atoms with Gasteiger partial charge in [-0.1, -0.05) is 13.8 Å². The third-order valence-corrected chi connectivity index (χ3v) is 5.96. The van der Waals surface area contributed by atoms with Gasteiger partial charge in [-0.3, -0.25) is 4.79 Å². The van der Waals surface area contributed by atoms with Gasteiger partial charge in [-0.2, -0.15) is 10.2 Å². The Bertz CT molecular complexity index is 1020. The number of thiazole rings is 1. The normalized spacial score (nSPS) is 14.4. The molecule has 0 aliphatic carbocycles. The summed E-state index contributed by atoms with van der Waals surface area (Å²) in [5, 5.41) is 12.4. The van der Waals surface area contributed by atoms with Crippen LogP contribution in [0.2, 0.25) is 0 Å². The number of rotatable bonds is 5. The molecule has 8 nitrogen and oxygen atoms in total. The molecule has 0 radical (unpaired) electrons. The van der Waals surface area contributed by atoms with Crippen molar-refractivity contribution in [1.29, 1.82) is 5.26 Å². The molecule has 0 saturated carbocycles. The van der Waals surface area contributed by atoms with E-state index in [0.29, 0.717) is 50.2 Å². The molecule has 29 heavy (non-hydrogen) atoms. The molecule has 1 saturated heterocycles. The van der Waals surface area contributed by atoms with Crippen LogP contribution in [0.3, 0.4) is 0 Å². The van der Waals surface area contributed by atoms with Gasteiger partial charge < -0.3 is 18.6 Å². The summed E-state index contributed by atoms with van der Waals surface area (Å²) in [5.74, 6) is 1.62. The van der Waals surface area contributed by atoms with E-state index < -0.39 is 0 Å². The minimum absolute atomic E-state index is 0.0691. The summed E-state index contributed by atoms with van der Waals surface area (Å²) in [6.45, 7) is 6.45. The minimum Gasteiger partial charge on any atom is -0.459 e. The highest BCUT2D eigenvalue weighted by Gasteiger charge is 2.27. The van der Waals surface area contributed by atoms with Crippen molar-refractivity contribution in [3.8, 4) is 17.7 Å². The van der Waals surface area contributed by atoms with Crippen molar-refractivity contribution in [3.05, 3.63) is 40.2 Å². The number of carbonyl (C=O) groups is 1. The number of piperazine rings is 1. The number of anilines is 1. The summed E-state index contributed by atoms with van der Waals surface area (Å²) < 4.78 is 11.1. The number of hydrogen-bond donors (Lipinski definition) is 0. The smallest absolute Gasteiger partial charge is 0.266 e. The number of furan rings is 1. The number of nitriles is 1. The highest BCUT2D eigenvalue weighted by molar-refractivity contribution is 7.09. The monoisotopic (exact) mass is 411 g/mol. The van der Waals surface area contributed by atoms with E-state index in [4.69, 9.17) is 8.83 Å². The lowest BCUT2D eigenvalue weighted by Crippen LogP contribution is -2.49. The molecule has 150 valence electrons. The molecule has 0 atom stereocenters. The summed E-state index contributed by atoms with van der Waals surface area (Å²) in [6, 6.07) is 5.55. The van der Waals surface area contributed by atoms with E-state index in [1.54, 1.807) is 23.5 Å². The molecular formula is C20H21N5O3S. The van der Waals surface area contributed by atoms with E-state index in [0.717, 1.165) is 10.7 Å². The third-order valence-electron chi connectivity index (χ3n) is 4.76. The van der Waals surface area contributed by atoms with Gasteiger partial charge >= 0.3 is 0 Å². The number of hydrogen-bond acceptors (Lipinski definition) is 8. The average Bonchev–Trinajstić information content (AvgIpc) is 3.47. The maximum absolute atomic E-state index is 12.6. The van der Waals surface area contributed by atoms with Crippen LogP contribution in [0.25, 0.3) is 11.7 Å². The Kier molecular flexibility index (Phi) is 5.36. The Balaban J connectivity index is 1.39. The summed E-state index contributed by atoms with van der Waals surface area (Å²) in [6.07, 6.45) is 1.85. The first kappa shape index (κ1) is 19.2. The van der Waals surface area contributed by atoms with E-state index in [1.807, 2.05) is 15.2 Å². The maximum Gasteiger partial charge on any atom is 0.266 e. The van der Waals surface area contributed by atoms with Crippen molar-refractivity contribution in [2.24, 2.45) is 0 Å². The van der Waals surface area contributed by atoms with Crippen molar-refractivity contribution in [3.63, 3.8) is 0 Å². The zero-order valence-electron chi connectivity index (χ0n) is 16.3. The molecule has 0 bridgehead atoms. The van der Waals surface area contributed by atoms with Gasteiger partial charge in [0.2, 0.25) is 17.5 Å². The second-order valence-electron chi connectivity index (χ2n) is 7.14. The van der Waals surface area contributed by atoms with Gasteiger partial charge in [0.05, 0.1) is 23.4 Å². The zero-order valence-corrected chi connectivity index (χ0v) is 17.1. The maximum atomic E-state index is 12.6. The number of aromatic nitrogens is 2. The highest BCUT2D eigenvalue weighted by atomic mass is 32.1. The molecule has 3 aromatic heterocycles. The fourth-order valence-electron chi connectivity index (χ4n) is 3.20. The molecule has 0 aromatic carbocycles.